The molecule has 0 radical (unpaired) electrons. The topological polar surface area (TPSA) is 60.9 Å². The smallest absolute Gasteiger partial charge is 0.319 e. The quantitative estimate of drug-likeness (QED) is 0.852. The summed E-state index contributed by atoms with van der Waals surface area (Å²) in [7, 11) is 1.90. The fourth-order valence-electron chi connectivity index (χ4n) is 3.41. The number of amides is 2. The van der Waals surface area contributed by atoms with Crippen molar-refractivity contribution in [2.24, 2.45) is 11.3 Å². The molecule has 5 heteroatoms. The Kier molecular flexibility index (Phi) is 4.79. The van der Waals surface area contributed by atoms with E-state index in [4.69, 9.17) is 0 Å². The molecule has 2 fully saturated rings. The fraction of sp³-hybridized carbons (Fsp3) is 0.875. The lowest BCUT2D eigenvalue weighted by Gasteiger charge is -2.41. The van der Waals surface area contributed by atoms with Crippen LogP contribution in [0.1, 0.15) is 52.4 Å². The standard InChI is InChI=1S/C16H28N2O3/c1-12-4-6-13(7-5-12)17(3)15(21)18-10-8-16(2,9-11-18)14(19)20/h12-13H,4-11H2,1-3H3,(H,19,20). The molecule has 0 aromatic carbocycles. The first kappa shape index (κ1) is 16.1. The van der Waals surface area contributed by atoms with Gasteiger partial charge in [-0.2, -0.15) is 0 Å². The summed E-state index contributed by atoms with van der Waals surface area (Å²) in [5.41, 5.74) is -0.671. The summed E-state index contributed by atoms with van der Waals surface area (Å²) in [6.07, 6.45) is 5.65. The summed E-state index contributed by atoms with van der Waals surface area (Å²) in [4.78, 5) is 27.5. The van der Waals surface area contributed by atoms with Crippen LogP contribution < -0.4 is 0 Å². The van der Waals surface area contributed by atoms with Crippen LogP contribution in [0.15, 0.2) is 0 Å². The molecular formula is C16H28N2O3. The Morgan fingerprint density at radius 2 is 1.67 bits per heavy atom. The first-order valence-corrected chi connectivity index (χ1v) is 8.08. The summed E-state index contributed by atoms with van der Waals surface area (Å²) in [5, 5.41) is 9.25. The molecule has 120 valence electrons. The van der Waals surface area contributed by atoms with Crippen LogP contribution in [0.4, 0.5) is 4.79 Å². The number of piperidine rings is 1. The first-order chi connectivity index (χ1) is 9.83. The van der Waals surface area contributed by atoms with Gasteiger partial charge in [-0.05, 0) is 51.4 Å². The highest BCUT2D eigenvalue weighted by atomic mass is 16.4. The largest absolute Gasteiger partial charge is 0.481 e. The number of rotatable bonds is 2. The van der Waals surface area contributed by atoms with Crippen LogP contribution in [0, 0.1) is 11.3 Å². The summed E-state index contributed by atoms with van der Waals surface area (Å²) >= 11 is 0. The number of hydrogen-bond donors (Lipinski definition) is 1. The van der Waals surface area contributed by atoms with Crippen LogP contribution >= 0.6 is 0 Å². The highest BCUT2D eigenvalue weighted by molar-refractivity contribution is 5.77. The Balaban J connectivity index is 1.88. The van der Waals surface area contributed by atoms with Crippen LogP contribution in [-0.2, 0) is 4.79 Å². The normalized spacial score (nSPS) is 29.0. The van der Waals surface area contributed by atoms with Crippen LogP contribution in [0.5, 0.6) is 0 Å². The lowest BCUT2D eigenvalue weighted by molar-refractivity contribution is -0.150. The third kappa shape index (κ3) is 3.50. The zero-order chi connectivity index (χ0) is 15.6. The van der Waals surface area contributed by atoms with Gasteiger partial charge in [-0.25, -0.2) is 4.79 Å². The second kappa shape index (κ2) is 6.24. The van der Waals surface area contributed by atoms with Crippen molar-refractivity contribution in [3.05, 3.63) is 0 Å². The second-order valence-corrected chi connectivity index (χ2v) is 7.16. The number of nitrogens with zero attached hydrogens (tertiary/aromatic N) is 2. The van der Waals surface area contributed by atoms with Crippen molar-refractivity contribution in [3.8, 4) is 0 Å². The maximum absolute atomic E-state index is 12.6. The molecule has 21 heavy (non-hydrogen) atoms. The minimum absolute atomic E-state index is 0.0713. The van der Waals surface area contributed by atoms with Gasteiger partial charge in [0.25, 0.3) is 0 Å². The average molecular weight is 296 g/mol. The zero-order valence-electron chi connectivity index (χ0n) is 13.5. The van der Waals surface area contributed by atoms with Gasteiger partial charge in [0.1, 0.15) is 0 Å². The Hall–Kier alpha value is -1.26. The van der Waals surface area contributed by atoms with Gasteiger partial charge in [-0.15, -0.1) is 0 Å². The van der Waals surface area contributed by atoms with Gasteiger partial charge >= 0.3 is 12.0 Å². The molecule has 2 amide bonds. The summed E-state index contributed by atoms with van der Waals surface area (Å²) in [5.74, 6) is 0.0280. The average Bonchev–Trinajstić information content (AvgIpc) is 2.47. The number of carbonyl (C=O) groups is 2. The first-order valence-electron chi connectivity index (χ1n) is 8.08. The molecule has 1 aliphatic carbocycles. The Morgan fingerprint density at radius 1 is 1.14 bits per heavy atom. The maximum atomic E-state index is 12.6. The molecule has 0 atom stereocenters. The van der Waals surface area contributed by atoms with Crippen LogP contribution in [-0.4, -0.2) is 53.1 Å². The number of carboxylic acids is 1. The molecule has 5 nitrogen and oxygen atoms in total. The molecule has 1 aliphatic heterocycles. The highest BCUT2D eigenvalue weighted by Gasteiger charge is 2.39. The Labute approximate surface area is 127 Å². The van der Waals surface area contributed by atoms with E-state index in [9.17, 15) is 14.7 Å². The third-order valence-corrected chi connectivity index (χ3v) is 5.49. The lowest BCUT2D eigenvalue weighted by Crippen LogP contribution is -2.51. The summed E-state index contributed by atoms with van der Waals surface area (Å²) in [6, 6.07) is 0.420. The minimum atomic E-state index is -0.746. The van der Waals surface area contributed by atoms with Gasteiger partial charge in [-0.1, -0.05) is 6.92 Å². The second-order valence-electron chi connectivity index (χ2n) is 7.16. The molecule has 1 saturated carbocycles. The van der Waals surface area contributed by atoms with Gasteiger partial charge in [0.2, 0.25) is 0 Å². The SMILES string of the molecule is CC1CCC(N(C)C(=O)N2CCC(C)(C(=O)O)CC2)CC1. The molecule has 0 aromatic heterocycles. The highest BCUT2D eigenvalue weighted by Crippen LogP contribution is 2.32. The Bertz CT molecular complexity index is 394. The van der Waals surface area contributed by atoms with Crippen molar-refractivity contribution >= 4 is 12.0 Å². The minimum Gasteiger partial charge on any atom is -0.481 e. The number of aliphatic carboxylic acids is 1. The molecule has 1 saturated heterocycles. The van der Waals surface area contributed by atoms with Crippen LogP contribution in [0.25, 0.3) is 0 Å². The van der Waals surface area contributed by atoms with E-state index in [1.54, 1.807) is 6.92 Å². The molecule has 0 spiro atoms. The van der Waals surface area contributed by atoms with Gasteiger partial charge in [0, 0.05) is 26.2 Å². The third-order valence-electron chi connectivity index (χ3n) is 5.49. The van der Waals surface area contributed by atoms with Gasteiger partial charge in [0.05, 0.1) is 5.41 Å². The van der Waals surface area contributed by atoms with Gasteiger partial charge < -0.3 is 14.9 Å². The summed E-state index contributed by atoms with van der Waals surface area (Å²) in [6.45, 7) is 5.16. The van der Waals surface area contributed by atoms with Crippen LogP contribution in [0.2, 0.25) is 0 Å². The van der Waals surface area contributed by atoms with Gasteiger partial charge in [-0.3, -0.25) is 4.79 Å². The van der Waals surface area contributed by atoms with Crippen LogP contribution in [0.3, 0.4) is 0 Å². The number of carbonyl (C=O) groups excluding carboxylic acids is 1. The molecule has 1 N–H and O–H groups in total. The molecule has 2 rings (SSSR count). The molecule has 0 unspecified atom stereocenters. The van der Waals surface area contributed by atoms with E-state index in [1.165, 1.54) is 12.8 Å². The van der Waals surface area contributed by atoms with Crippen molar-refractivity contribution in [2.75, 3.05) is 20.1 Å². The van der Waals surface area contributed by atoms with E-state index in [2.05, 4.69) is 6.92 Å². The van der Waals surface area contributed by atoms with Crippen molar-refractivity contribution in [3.63, 3.8) is 0 Å². The number of urea groups is 1. The van der Waals surface area contributed by atoms with E-state index < -0.39 is 11.4 Å². The Morgan fingerprint density at radius 3 is 2.14 bits per heavy atom. The number of carboxylic acid groups (broad SMARTS) is 1. The predicted octanol–water partition coefficient (Wildman–Crippen LogP) is 2.80. The fourth-order valence-corrected chi connectivity index (χ4v) is 3.41. The van der Waals surface area contributed by atoms with E-state index in [-0.39, 0.29) is 6.03 Å². The maximum Gasteiger partial charge on any atom is 0.319 e. The molecule has 2 aliphatic rings. The zero-order valence-corrected chi connectivity index (χ0v) is 13.5. The van der Waals surface area contributed by atoms with Crippen molar-refractivity contribution in [2.45, 2.75) is 58.4 Å². The molecule has 0 bridgehead atoms. The number of likely N-dealkylation sites (tertiary alicyclic amines) is 1. The van der Waals surface area contributed by atoms with E-state index >= 15 is 0 Å². The molecule has 0 aromatic rings. The number of hydrogen-bond acceptors (Lipinski definition) is 2. The van der Waals surface area contributed by atoms with Crippen molar-refractivity contribution in [1.82, 2.24) is 9.80 Å². The van der Waals surface area contributed by atoms with E-state index in [1.807, 2.05) is 16.8 Å². The predicted molar refractivity (Wildman–Crippen MR) is 81.1 cm³/mol. The lowest BCUT2D eigenvalue weighted by atomic mass is 9.80. The molecule has 1 heterocycles. The van der Waals surface area contributed by atoms with E-state index in [0.717, 1.165) is 18.8 Å². The van der Waals surface area contributed by atoms with Crippen molar-refractivity contribution < 1.29 is 14.7 Å². The van der Waals surface area contributed by atoms with Crippen molar-refractivity contribution in [1.29, 1.82) is 0 Å². The molecular weight excluding hydrogens is 268 g/mol. The summed E-state index contributed by atoms with van der Waals surface area (Å²) < 4.78 is 0. The van der Waals surface area contributed by atoms with E-state index in [0.29, 0.717) is 32.0 Å². The van der Waals surface area contributed by atoms with Gasteiger partial charge in [0.15, 0.2) is 0 Å². The monoisotopic (exact) mass is 296 g/mol.